The van der Waals surface area contributed by atoms with Gasteiger partial charge in [-0.1, -0.05) is 0 Å². The minimum Gasteiger partial charge on any atom is 1.00 e. The van der Waals surface area contributed by atoms with Crippen molar-refractivity contribution in [3.63, 3.8) is 0 Å². The van der Waals surface area contributed by atoms with E-state index in [0.29, 0.717) is 8.02 Å². The Morgan fingerprint density at radius 3 is 1.00 bits per heavy atom. The van der Waals surface area contributed by atoms with Gasteiger partial charge in [-0.25, -0.2) is 0 Å². The van der Waals surface area contributed by atoms with Crippen LogP contribution in [0.15, 0.2) is 0 Å². The molecule has 24 heavy (non-hydrogen) atoms. The minimum atomic E-state index is -4.22. The summed E-state index contributed by atoms with van der Waals surface area (Å²) >= 11 is -4.22. The van der Waals surface area contributed by atoms with Crippen molar-refractivity contribution in [2.75, 3.05) is 13.1 Å². The topological polar surface area (TPSA) is 3.24 Å². The van der Waals surface area contributed by atoms with Crippen LogP contribution in [0.3, 0.4) is 0 Å². The predicted octanol–water partition coefficient (Wildman–Crippen LogP) is -8.20. The van der Waals surface area contributed by atoms with Crippen LogP contribution in [-0.2, 0) is 11.5 Å². The molecule has 0 aromatic heterocycles. The van der Waals surface area contributed by atoms with Crippen LogP contribution >= 0.6 is 0 Å². The van der Waals surface area contributed by atoms with E-state index in [1.54, 1.807) is 0 Å². The van der Waals surface area contributed by atoms with Crippen LogP contribution in [0.1, 0.15) is 60.8 Å². The van der Waals surface area contributed by atoms with Gasteiger partial charge < -0.3 is 0 Å². The SMILES string of the molecule is C[C](C)(C)[Zn-5]([CH3])([CH3])([CH3])([CH3])([N]1CCCCC1)[C](C)(C)C.[Li+].[Li+].[Li+].[Li+].[Li+]. The molecule has 1 heterocycles. The van der Waals surface area contributed by atoms with Crippen LogP contribution in [0.25, 0.3) is 0 Å². The van der Waals surface area contributed by atoms with Gasteiger partial charge in [0.25, 0.3) is 0 Å². The van der Waals surface area contributed by atoms with Crippen molar-refractivity contribution >= 4 is 0 Å². The summed E-state index contributed by atoms with van der Waals surface area (Å²) in [5, 5.41) is 0. The van der Waals surface area contributed by atoms with E-state index in [1.807, 2.05) is 0 Å². The van der Waals surface area contributed by atoms with Crippen LogP contribution in [-0.4, -0.2) is 16.7 Å². The first-order valence-corrected chi connectivity index (χ1v) is 25.6. The van der Waals surface area contributed by atoms with Gasteiger partial charge in [-0.15, -0.1) is 0 Å². The number of nitrogens with zero attached hydrogens (tertiary/aromatic N) is 1. The van der Waals surface area contributed by atoms with Crippen LogP contribution in [0.4, 0.5) is 0 Å². The van der Waals surface area contributed by atoms with Gasteiger partial charge in [0.05, 0.1) is 0 Å². The molecule has 1 nitrogen and oxygen atoms in total. The molecule has 120 valence electrons. The Morgan fingerprint density at radius 2 is 0.792 bits per heavy atom. The molecule has 0 atom stereocenters. The molecule has 0 spiro atoms. The molecule has 0 saturated carbocycles. The van der Waals surface area contributed by atoms with E-state index >= 15 is 0 Å². The summed E-state index contributed by atoms with van der Waals surface area (Å²) < 4.78 is 3.67. The molecule has 0 bridgehead atoms. The fourth-order valence-corrected chi connectivity index (χ4v) is 25.4. The van der Waals surface area contributed by atoms with Gasteiger partial charge in [0, 0.05) is 0 Å². The zero-order chi connectivity index (χ0) is 15.5. The monoisotopic (exact) mass is 357 g/mol. The van der Waals surface area contributed by atoms with E-state index in [9.17, 15) is 0 Å². The quantitative estimate of drug-likeness (QED) is 0.421. The van der Waals surface area contributed by atoms with Crippen LogP contribution in [0.5, 0.6) is 0 Å². The van der Waals surface area contributed by atoms with Gasteiger partial charge in [-0.3, -0.25) is 0 Å². The van der Waals surface area contributed by atoms with Crippen molar-refractivity contribution in [3.8, 4) is 0 Å². The number of piperidine rings is 1. The van der Waals surface area contributed by atoms with Crippen molar-refractivity contribution in [2.45, 2.75) is 90.9 Å². The predicted molar refractivity (Wildman–Crippen MR) is 88.3 cm³/mol. The Morgan fingerprint density at radius 1 is 0.542 bits per heavy atom. The molecule has 1 aliphatic rings. The summed E-state index contributed by atoms with van der Waals surface area (Å²) in [4.78, 5) is 0. The summed E-state index contributed by atoms with van der Waals surface area (Å²) in [7, 11) is 0. The third kappa shape index (κ3) is 4.35. The molecule has 7 heteroatoms. The second kappa shape index (κ2) is 8.75. The summed E-state index contributed by atoms with van der Waals surface area (Å²) in [5.41, 5.74) is 10.9. The smallest absolute Gasteiger partial charge is 1.00 e. The maximum Gasteiger partial charge on any atom is 1.00 e. The average molecular weight is 359 g/mol. The van der Waals surface area contributed by atoms with Gasteiger partial charge in [0.2, 0.25) is 0 Å². The molecule has 0 amide bonds. The van der Waals surface area contributed by atoms with E-state index in [1.165, 1.54) is 32.4 Å². The first-order valence-electron chi connectivity index (χ1n) is 9.48. The molecular weight excluding hydrogens is 318 g/mol. The van der Waals surface area contributed by atoms with Crippen LogP contribution < -0.4 is 94.3 Å². The Hall–Kier alpha value is 3.57. The maximum atomic E-state index is 3.01. The van der Waals surface area contributed by atoms with Crippen molar-refractivity contribution in [3.05, 3.63) is 0 Å². The first-order chi connectivity index (χ1) is 7.92. The Labute approximate surface area is 210 Å². The van der Waals surface area contributed by atoms with Gasteiger partial charge in [-0.05, 0) is 0 Å². The number of rotatable bonds is 1. The largest absolute Gasteiger partial charge is 1.00 e. The van der Waals surface area contributed by atoms with Crippen molar-refractivity contribution < 1.29 is 106 Å². The molecular formula is C17H40Li5NZn. The average Bonchev–Trinajstić information content (AvgIpc) is 2.14. The molecule has 0 unspecified atom stereocenters. The molecule has 1 rings (SSSR count). The number of hydrogen-bond donors (Lipinski definition) is 0. The summed E-state index contributed by atoms with van der Waals surface area (Å²) in [6, 6.07) is 0. The van der Waals surface area contributed by atoms with Gasteiger partial charge in [-0.2, -0.15) is 0 Å². The Balaban J connectivity index is -0.000000241. The third-order valence-corrected chi connectivity index (χ3v) is 68.9. The van der Waals surface area contributed by atoms with Gasteiger partial charge in [0.15, 0.2) is 0 Å². The van der Waals surface area contributed by atoms with E-state index in [-0.39, 0.29) is 94.3 Å². The zero-order valence-electron chi connectivity index (χ0n) is 20.7. The Kier molecular flexibility index (Phi) is 13.9. The minimum absolute atomic E-state index is 0. The summed E-state index contributed by atoms with van der Waals surface area (Å²) in [6.07, 6.45) is 4.18. The molecule has 0 aromatic rings. The standard InChI is InChI=1S/C5H10N.2C4H9.4CH3.5Li.Zn/c1-2-4-6-5-3-1;2*1-4(2)3;;;;;;;;;;/h1-5H2;2*1-3H3;4*1H3;;;;;;/q-1;;;;;;;5*+1;-4. The van der Waals surface area contributed by atoms with E-state index in [0.717, 1.165) is 0 Å². The summed E-state index contributed by atoms with van der Waals surface area (Å²) in [5.74, 6) is 0. The van der Waals surface area contributed by atoms with E-state index in [2.05, 4.69) is 67.3 Å². The van der Waals surface area contributed by atoms with Crippen molar-refractivity contribution in [1.29, 1.82) is 0 Å². The molecule has 0 N–H and O–H groups in total. The molecule has 1 fully saturated rings. The maximum absolute atomic E-state index is 4.22. The van der Waals surface area contributed by atoms with E-state index < -0.39 is 11.5 Å². The van der Waals surface area contributed by atoms with Crippen molar-refractivity contribution in [1.82, 2.24) is 3.64 Å². The zero-order valence-corrected chi connectivity index (χ0v) is 23.7. The van der Waals surface area contributed by atoms with Crippen LogP contribution in [0.2, 0.25) is 30.1 Å². The fraction of sp³-hybridized carbons (Fsp3) is 1.00. The number of hydrogen-bond acceptors (Lipinski definition) is 1. The second-order valence-electron chi connectivity index (χ2n) is 16.1. The molecule has 0 aromatic carbocycles. The van der Waals surface area contributed by atoms with Gasteiger partial charge in [0.1, 0.15) is 0 Å². The fourth-order valence-electron chi connectivity index (χ4n) is 5.47. The molecule has 0 radical (unpaired) electrons. The molecule has 1 aliphatic heterocycles. The molecule has 1 saturated heterocycles. The summed E-state index contributed by atoms with van der Waals surface area (Å²) in [6.45, 7) is 17.7. The van der Waals surface area contributed by atoms with E-state index in [4.69, 9.17) is 0 Å². The van der Waals surface area contributed by atoms with Crippen molar-refractivity contribution in [2.24, 2.45) is 0 Å². The van der Waals surface area contributed by atoms with Crippen LogP contribution in [0, 0.1) is 0 Å². The third-order valence-electron chi connectivity index (χ3n) is 14.2. The normalized spacial score (nSPS) is 20.7. The molecule has 0 aliphatic carbocycles. The first kappa shape index (κ1) is 38.2. The van der Waals surface area contributed by atoms with Gasteiger partial charge >= 0.3 is 213 Å². The second-order valence-corrected chi connectivity index (χ2v) is 64.0. The Bertz CT molecular complexity index is 382.